The Morgan fingerprint density at radius 3 is 1.01 bits per heavy atom. The molecule has 0 aromatic heterocycles. The number of hydrogen-bond donors (Lipinski definition) is 0. The van der Waals surface area contributed by atoms with Crippen LogP contribution in [0, 0.1) is 67.5 Å². The van der Waals surface area contributed by atoms with Crippen LogP contribution in [-0.4, -0.2) is 0 Å². The first kappa shape index (κ1) is 76.9. The van der Waals surface area contributed by atoms with Crippen molar-refractivity contribution in [3.63, 3.8) is 0 Å². The summed E-state index contributed by atoms with van der Waals surface area (Å²) in [6.45, 7) is 51.3. The Balaban J connectivity index is 0.000000239. The van der Waals surface area contributed by atoms with Crippen LogP contribution in [0.25, 0.3) is 55.6 Å². The Morgan fingerprint density at radius 1 is 0.222 bits per heavy atom. The van der Waals surface area contributed by atoms with Crippen molar-refractivity contribution in [3.05, 3.63) is 297 Å². The molecule has 10 aromatic rings. The summed E-state index contributed by atoms with van der Waals surface area (Å²) in [6, 6.07) is 82.5. The molecule has 464 valence electrons. The first-order chi connectivity index (χ1) is 41.1. The fourth-order valence-corrected chi connectivity index (χ4v) is 11.0. The number of benzene rings is 10. The minimum atomic E-state index is 0. The number of aryl methyl sites for hydroxylation is 8. The Kier molecular flexibility index (Phi) is 28.4. The van der Waals surface area contributed by atoms with Gasteiger partial charge < -0.3 is 0 Å². The molecule has 2 heteroatoms. The molecule has 10 aromatic carbocycles. The van der Waals surface area contributed by atoms with E-state index in [2.05, 4.69) is 359 Å². The van der Waals surface area contributed by atoms with Crippen LogP contribution in [0.3, 0.4) is 0 Å². The van der Waals surface area contributed by atoms with Crippen molar-refractivity contribution >= 4 is 0 Å². The van der Waals surface area contributed by atoms with Crippen LogP contribution >= 0.6 is 0 Å². The number of hydrogen-bond acceptors (Lipinski definition) is 0. The fourth-order valence-electron chi connectivity index (χ4n) is 11.0. The van der Waals surface area contributed by atoms with Gasteiger partial charge in [0.25, 0.3) is 0 Å². The Bertz CT molecular complexity index is 3800. The summed E-state index contributed by atoms with van der Waals surface area (Å²) in [5.41, 5.74) is 31.7. The Hall–Kier alpha value is -5.59. The minimum Gasteiger partial charge on any atom is -0.147 e. The van der Waals surface area contributed by atoms with E-state index in [0.717, 1.165) is 0 Å². The molecule has 0 aliphatic carbocycles. The summed E-state index contributed by atoms with van der Waals surface area (Å²) in [6.07, 6.45) is 0. The van der Waals surface area contributed by atoms with Crippen LogP contribution in [0.2, 0.25) is 0 Å². The van der Waals surface area contributed by atoms with E-state index in [0.29, 0.717) is 0 Å². The van der Waals surface area contributed by atoms with Crippen molar-refractivity contribution in [1.82, 2.24) is 0 Å². The molecule has 0 spiro atoms. The molecule has 0 aliphatic rings. The minimum absolute atomic E-state index is 0. The Labute approximate surface area is 598 Å². The molecule has 0 saturated heterocycles. The van der Waals surface area contributed by atoms with Gasteiger partial charge in [-0.05, 0) is 171 Å². The molecular weight excluding hydrogens is 1230 g/mol. The van der Waals surface area contributed by atoms with Gasteiger partial charge in [-0.3, -0.25) is 0 Å². The molecule has 0 aliphatic heterocycles. The summed E-state index contributed by atoms with van der Waals surface area (Å²) < 4.78 is 0. The predicted octanol–water partition coefficient (Wildman–Crippen LogP) is 25.3. The van der Waals surface area contributed by atoms with Gasteiger partial charge in [0.15, 0.2) is 0 Å². The first-order valence-corrected chi connectivity index (χ1v) is 31.8. The average Bonchev–Trinajstić information content (AvgIpc) is 2.02. The van der Waals surface area contributed by atoms with Gasteiger partial charge >= 0.3 is 0 Å². The van der Waals surface area contributed by atoms with Crippen LogP contribution in [-0.2, 0) is 92.5 Å². The topological polar surface area (TPSA) is 0 Å². The van der Waals surface area contributed by atoms with Crippen LogP contribution in [0.1, 0.15) is 176 Å². The van der Waals surface area contributed by atoms with E-state index in [4.69, 9.17) is 0 Å². The van der Waals surface area contributed by atoms with Gasteiger partial charge in [-0.15, -0.1) is 71.8 Å². The van der Waals surface area contributed by atoms with Crippen LogP contribution < -0.4 is 0 Å². The van der Waals surface area contributed by atoms with Gasteiger partial charge in [0.1, 0.15) is 0 Å². The predicted molar refractivity (Wildman–Crippen MR) is 388 cm³/mol. The van der Waals surface area contributed by atoms with Gasteiger partial charge in [-0.1, -0.05) is 295 Å². The average molecular weight is 1340 g/mol. The largest absolute Gasteiger partial charge is 0.147 e. The van der Waals surface area contributed by atoms with E-state index in [-0.39, 0.29) is 92.5 Å². The maximum Gasteiger partial charge on any atom is 0 e. The zero-order valence-corrected chi connectivity index (χ0v) is 65.0. The first-order valence-electron chi connectivity index (χ1n) is 31.8. The molecule has 10 rings (SSSR count). The van der Waals surface area contributed by atoms with Crippen LogP contribution in [0.15, 0.2) is 212 Å². The number of rotatable bonds is 5. The van der Waals surface area contributed by atoms with E-state index in [1.165, 1.54) is 128 Å². The van der Waals surface area contributed by atoms with Crippen molar-refractivity contribution in [3.8, 4) is 55.6 Å². The van der Waals surface area contributed by atoms with Crippen molar-refractivity contribution in [2.45, 2.75) is 186 Å². The van der Waals surface area contributed by atoms with Gasteiger partial charge in [0, 0.05) is 65.4 Å². The van der Waals surface area contributed by atoms with E-state index in [1.807, 2.05) is 24.3 Å². The molecule has 0 bridgehead atoms. The fraction of sp³-hybridized carbons (Fsp3) is 0.318. The molecule has 0 heterocycles. The van der Waals surface area contributed by atoms with Gasteiger partial charge in [-0.2, -0.15) is 0 Å². The third-order valence-corrected chi connectivity index (χ3v) is 16.7. The van der Waals surface area contributed by atoms with Crippen molar-refractivity contribution in [2.24, 2.45) is 0 Å². The van der Waals surface area contributed by atoms with E-state index >= 15 is 0 Å². The zero-order valence-electron chi connectivity index (χ0n) is 59.4. The van der Waals surface area contributed by atoms with Crippen molar-refractivity contribution < 1.29 is 65.4 Å². The van der Waals surface area contributed by atoms with E-state index in [1.54, 1.807) is 0 Å². The monoisotopic (exact) mass is 1340 g/mol. The molecule has 2 radical (unpaired) electrons. The summed E-state index contributed by atoms with van der Waals surface area (Å²) in [4.78, 5) is 0. The van der Waals surface area contributed by atoms with Crippen LogP contribution in [0.5, 0.6) is 0 Å². The standard InChI is InChI=1S/3C18H22.2C17H19.2Y/c1-13-7-6-8-14(2)17(13)15-9-11-16(12-10-15)18(3,4)5;1-13-8-6-7-9-16(13)17-12-15(18(3,4)5)11-10-14(17)2;1-13-11-16(18(3,4)5)12-14(2)17(13)15-9-7-6-8-10-15;1-13-12-15(17(2,3)4)10-11-16(13)14-8-6-5-7-9-14;1-13-10-11-15(17(2,3)4)12-16(13)14-8-6-5-7-9-14;;/h3*6-12H,1-5H3;2*5-8,10-12H,1-4H3;;/q;;;2*-1;;. The van der Waals surface area contributed by atoms with E-state index in [9.17, 15) is 0 Å². The molecule has 0 amide bonds. The third-order valence-electron chi connectivity index (χ3n) is 16.7. The Morgan fingerprint density at radius 2 is 0.567 bits per heavy atom. The molecule has 90 heavy (non-hydrogen) atoms. The molecule has 0 unspecified atom stereocenters. The maximum absolute atomic E-state index is 3.30. The van der Waals surface area contributed by atoms with Gasteiger partial charge in [0.05, 0.1) is 0 Å². The van der Waals surface area contributed by atoms with Crippen molar-refractivity contribution in [2.75, 3.05) is 0 Å². The second-order valence-corrected chi connectivity index (χ2v) is 29.4. The molecule has 0 nitrogen and oxygen atoms in total. The second-order valence-electron chi connectivity index (χ2n) is 29.4. The maximum atomic E-state index is 3.30. The summed E-state index contributed by atoms with van der Waals surface area (Å²) in [5, 5.41) is 0. The summed E-state index contributed by atoms with van der Waals surface area (Å²) in [5.74, 6) is 0. The van der Waals surface area contributed by atoms with E-state index < -0.39 is 0 Å². The summed E-state index contributed by atoms with van der Waals surface area (Å²) >= 11 is 0. The van der Waals surface area contributed by atoms with Crippen molar-refractivity contribution in [1.29, 1.82) is 0 Å². The third kappa shape index (κ3) is 21.8. The normalized spacial score (nSPS) is 11.3. The smallest absolute Gasteiger partial charge is 0 e. The second kappa shape index (κ2) is 33.3. The summed E-state index contributed by atoms with van der Waals surface area (Å²) in [7, 11) is 0. The van der Waals surface area contributed by atoms with Gasteiger partial charge in [-0.25, -0.2) is 0 Å². The molecule has 0 N–H and O–H groups in total. The zero-order chi connectivity index (χ0) is 64.9. The van der Waals surface area contributed by atoms with Gasteiger partial charge in [0.2, 0.25) is 0 Å². The molecular formula is C88H104Y2-2. The van der Waals surface area contributed by atoms with Crippen LogP contribution in [0.4, 0.5) is 0 Å². The molecule has 0 atom stereocenters. The SMILES string of the molecule is Cc1cc(C(C)(C)C)cc(C)c1-c1ccccc1.Cc1cc(C(C)(C)C)ccc1-c1[c-]cccc1.Cc1ccc(C(C)(C)C)cc1-c1[c-]cccc1.Cc1cccc(C)c1-c1ccc(C(C)(C)C)cc1.Cc1ccccc1-c1cc(C(C)(C)C)ccc1C.[Y].[Y]. The molecule has 0 saturated carbocycles. The quantitative estimate of drug-likeness (QED) is 0.151. The molecule has 0 fully saturated rings.